The van der Waals surface area contributed by atoms with E-state index in [1.54, 1.807) is 11.8 Å². The van der Waals surface area contributed by atoms with Gasteiger partial charge in [-0.05, 0) is 31.4 Å². The van der Waals surface area contributed by atoms with Gasteiger partial charge in [-0.1, -0.05) is 18.7 Å². The van der Waals surface area contributed by atoms with E-state index in [4.69, 9.17) is 0 Å². The van der Waals surface area contributed by atoms with Crippen LogP contribution in [0.15, 0.2) is 11.2 Å². The van der Waals surface area contributed by atoms with Crippen molar-refractivity contribution in [3.05, 3.63) is 6.07 Å². The van der Waals surface area contributed by atoms with Gasteiger partial charge in [0.2, 0.25) is 0 Å². The van der Waals surface area contributed by atoms with Crippen molar-refractivity contribution in [3.63, 3.8) is 0 Å². The molecule has 2 N–H and O–H groups in total. The SMILES string of the molecule is CCCNc1cc(N2CCCC(CO)C2)nc(SC)n1. The number of anilines is 2. The summed E-state index contributed by atoms with van der Waals surface area (Å²) < 4.78 is 0. The molecule has 1 aliphatic rings. The summed E-state index contributed by atoms with van der Waals surface area (Å²) in [7, 11) is 0. The number of aliphatic hydroxyl groups excluding tert-OH is 1. The molecule has 1 saturated heterocycles. The van der Waals surface area contributed by atoms with Gasteiger partial charge in [-0.3, -0.25) is 0 Å². The number of nitrogens with one attached hydrogen (secondary N) is 1. The molecule has 2 heterocycles. The standard InChI is InChI=1S/C14H24N4OS/c1-3-6-15-12-8-13(17-14(16-12)20-2)18-7-4-5-11(9-18)10-19/h8,11,19H,3-7,9-10H2,1-2H3,(H,15,16,17). The first-order chi connectivity index (χ1) is 9.76. The van der Waals surface area contributed by atoms with Gasteiger partial charge in [-0.25, -0.2) is 9.97 Å². The van der Waals surface area contributed by atoms with E-state index in [2.05, 4.69) is 27.1 Å². The molecule has 6 heteroatoms. The van der Waals surface area contributed by atoms with E-state index in [0.29, 0.717) is 5.92 Å². The molecular formula is C14H24N4OS. The Morgan fingerprint density at radius 2 is 2.35 bits per heavy atom. The van der Waals surface area contributed by atoms with E-state index in [1.165, 1.54) is 0 Å². The van der Waals surface area contributed by atoms with Gasteiger partial charge in [-0.2, -0.15) is 0 Å². The van der Waals surface area contributed by atoms with Gasteiger partial charge in [0.25, 0.3) is 0 Å². The van der Waals surface area contributed by atoms with E-state index in [0.717, 1.165) is 55.7 Å². The Bertz CT molecular complexity index is 430. The maximum atomic E-state index is 9.35. The van der Waals surface area contributed by atoms with E-state index in [-0.39, 0.29) is 6.61 Å². The van der Waals surface area contributed by atoms with E-state index < -0.39 is 0 Å². The molecule has 0 saturated carbocycles. The quantitative estimate of drug-likeness (QED) is 0.620. The average Bonchev–Trinajstić information content (AvgIpc) is 2.52. The first-order valence-electron chi connectivity index (χ1n) is 7.29. The van der Waals surface area contributed by atoms with Crippen molar-refractivity contribution in [3.8, 4) is 0 Å². The Hall–Kier alpha value is -1.01. The number of thioether (sulfide) groups is 1. The smallest absolute Gasteiger partial charge is 0.191 e. The van der Waals surface area contributed by atoms with Gasteiger partial charge in [0, 0.05) is 32.3 Å². The lowest BCUT2D eigenvalue weighted by Crippen LogP contribution is -2.37. The van der Waals surface area contributed by atoms with Crippen LogP contribution in [0.1, 0.15) is 26.2 Å². The molecule has 0 aliphatic carbocycles. The molecule has 2 rings (SSSR count). The summed E-state index contributed by atoms with van der Waals surface area (Å²) in [6.07, 6.45) is 5.29. The molecule has 1 aromatic rings. The van der Waals surface area contributed by atoms with Gasteiger partial charge in [0.15, 0.2) is 5.16 Å². The fraction of sp³-hybridized carbons (Fsp3) is 0.714. The molecule has 1 unspecified atom stereocenters. The summed E-state index contributed by atoms with van der Waals surface area (Å²) in [5.41, 5.74) is 0. The second-order valence-electron chi connectivity index (χ2n) is 5.16. The number of aliphatic hydroxyl groups is 1. The van der Waals surface area contributed by atoms with Crippen LogP contribution < -0.4 is 10.2 Å². The highest BCUT2D eigenvalue weighted by molar-refractivity contribution is 7.98. The fourth-order valence-electron chi connectivity index (χ4n) is 2.43. The summed E-state index contributed by atoms with van der Waals surface area (Å²) in [5.74, 6) is 2.23. The summed E-state index contributed by atoms with van der Waals surface area (Å²) in [6, 6.07) is 2.02. The molecule has 1 aromatic heterocycles. The maximum Gasteiger partial charge on any atom is 0.191 e. The van der Waals surface area contributed by atoms with Gasteiger partial charge < -0.3 is 15.3 Å². The van der Waals surface area contributed by atoms with Crippen molar-refractivity contribution < 1.29 is 5.11 Å². The number of aromatic nitrogens is 2. The van der Waals surface area contributed by atoms with E-state index in [1.807, 2.05) is 12.3 Å². The molecule has 0 amide bonds. The number of nitrogens with zero attached hydrogens (tertiary/aromatic N) is 3. The normalized spacial score (nSPS) is 19.1. The zero-order valence-electron chi connectivity index (χ0n) is 12.3. The van der Waals surface area contributed by atoms with E-state index >= 15 is 0 Å². The zero-order valence-corrected chi connectivity index (χ0v) is 13.1. The third-order valence-electron chi connectivity index (χ3n) is 3.53. The lowest BCUT2D eigenvalue weighted by molar-refractivity contribution is 0.208. The van der Waals surface area contributed by atoms with Gasteiger partial charge in [-0.15, -0.1) is 0 Å². The van der Waals surface area contributed by atoms with Gasteiger partial charge >= 0.3 is 0 Å². The van der Waals surface area contributed by atoms with Crippen molar-refractivity contribution in [1.82, 2.24) is 9.97 Å². The zero-order chi connectivity index (χ0) is 14.4. The molecule has 0 radical (unpaired) electrons. The lowest BCUT2D eigenvalue weighted by Gasteiger charge is -2.33. The maximum absolute atomic E-state index is 9.35. The van der Waals surface area contributed by atoms with Crippen LogP contribution in [0.5, 0.6) is 0 Å². The molecule has 1 atom stereocenters. The Morgan fingerprint density at radius 1 is 1.50 bits per heavy atom. The average molecular weight is 296 g/mol. The largest absolute Gasteiger partial charge is 0.396 e. The molecular weight excluding hydrogens is 272 g/mol. The number of hydrogen-bond donors (Lipinski definition) is 2. The first-order valence-corrected chi connectivity index (χ1v) is 8.52. The Balaban J connectivity index is 2.16. The summed E-state index contributed by atoms with van der Waals surface area (Å²) >= 11 is 1.56. The van der Waals surface area contributed by atoms with Crippen LogP contribution in [-0.2, 0) is 0 Å². The lowest BCUT2D eigenvalue weighted by atomic mass is 9.99. The highest BCUT2D eigenvalue weighted by Gasteiger charge is 2.21. The Kier molecular flexibility index (Phi) is 5.91. The minimum Gasteiger partial charge on any atom is -0.396 e. The summed E-state index contributed by atoms with van der Waals surface area (Å²) in [6.45, 7) is 5.21. The molecule has 0 aromatic carbocycles. The van der Waals surface area contributed by atoms with Crippen molar-refractivity contribution >= 4 is 23.4 Å². The Morgan fingerprint density at radius 3 is 3.05 bits per heavy atom. The second kappa shape index (κ2) is 7.69. The number of rotatable bonds is 6. The number of hydrogen-bond acceptors (Lipinski definition) is 6. The van der Waals surface area contributed by atoms with Crippen molar-refractivity contribution in [1.29, 1.82) is 0 Å². The summed E-state index contributed by atoms with van der Waals surface area (Å²) in [5, 5.41) is 13.5. The van der Waals surface area contributed by atoms with Crippen LogP contribution in [-0.4, -0.2) is 47.6 Å². The van der Waals surface area contributed by atoms with Crippen LogP contribution in [0, 0.1) is 5.92 Å². The predicted molar refractivity (Wildman–Crippen MR) is 84.6 cm³/mol. The molecule has 1 fully saturated rings. The predicted octanol–water partition coefficient (Wildman–Crippen LogP) is 2.23. The first kappa shape index (κ1) is 15.4. The van der Waals surface area contributed by atoms with Crippen LogP contribution >= 0.6 is 11.8 Å². The summed E-state index contributed by atoms with van der Waals surface area (Å²) in [4.78, 5) is 11.4. The highest BCUT2D eigenvalue weighted by atomic mass is 32.2. The van der Waals surface area contributed by atoms with Crippen LogP contribution in [0.2, 0.25) is 0 Å². The topological polar surface area (TPSA) is 61.3 Å². The minimum atomic E-state index is 0.262. The number of piperidine rings is 1. The Labute approximate surface area is 125 Å². The fourth-order valence-corrected chi connectivity index (χ4v) is 2.81. The van der Waals surface area contributed by atoms with Gasteiger partial charge in [0.1, 0.15) is 11.6 Å². The second-order valence-corrected chi connectivity index (χ2v) is 5.94. The molecule has 1 aliphatic heterocycles. The third kappa shape index (κ3) is 3.99. The van der Waals surface area contributed by atoms with Crippen molar-refractivity contribution in [2.45, 2.75) is 31.3 Å². The minimum absolute atomic E-state index is 0.262. The van der Waals surface area contributed by atoms with Crippen molar-refractivity contribution in [2.24, 2.45) is 5.92 Å². The molecule has 20 heavy (non-hydrogen) atoms. The molecule has 5 nitrogen and oxygen atoms in total. The molecule has 112 valence electrons. The van der Waals surface area contributed by atoms with Crippen LogP contribution in [0.3, 0.4) is 0 Å². The molecule has 0 spiro atoms. The van der Waals surface area contributed by atoms with Crippen LogP contribution in [0.4, 0.5) is 11.6 Å². The monoisotopic (exact) mass is 296 g/mol. The van der Waals surface area contributed by atoms with Crippen molar-refractivity contribution in [2.75, 3.05) is 42.7 Å². The van der Waals surface area contributed by atoms with Gasteiger partial charge in [0.05, 0.1) is 0 Å². The highest BCUT2D eigenvalue weighted by Crippen LogP contribution is 2.25. The van der Waals surface area contributed by atoms with Crippen LogP contribution in [0.25, 0.3) is 0 Å². The molecule has 0 bridgehead atoms. The third-order valence-corrected chi connectivity index (χ3v) is 4.08. The van der Waals surface area contributed by atoms with E-state index in [9.17, 15) is 5.11 Å².